The zero-order valence-electron chi connectivity index (χ0n) is 15.4. The quantitative estimate of drug-likeness (QED) is 0.177. The van der Waals surface area contributed by atoms with Crippen LogP contribution in [0.2, 0.25) is 0 Å². The molecule has 0 aromatic heterocycles. The van der Waals surface area contributed by atoms with Gasteiger partial charge in [0.1, 0.15) is 0 Å². The highest BCUT2D eigenvalue weighted by atomic mass is 31.2. The summed E-state index contributed by atoms with van der Waals surface area (Å²) in [6, 6.07) is 0. The molecular formula is C16H32NO6P. The summed E-state index contributed by atoms with van der Waals surface area (Å²) in [7, 11) is -3.15. The van der Waals surface area contributed by atoms with Gasteiger partial charge in [-0.25, -0.2) is 9.90 Å². The lowest BCUT2D eigenvalue weighted by Crippen LogP contribution is -2.36. The average molecular weight is 365 g/mol. The van der Waals surface area contributed by atoms with Crippen molar-refractivity contribution in [1.29, 1.82) is 0 Å². The lowest BCUT2D eigenvalue weighted by molar-refractivity contribution is -0.271. The van der Waals surface area contributed by atoms with Crippen molar-refractivity contribution in [2.24, 2.45) is 11.8 Å². The average Bonchev–Trinajstić information content (AvgIpc) is 2.50. The van der Waals surface area contributed by atoms with Crippen LogP contribution in [0.4, 0.5) is 0 Å². The molecule has 7 nitrogen and oxygen atoms in total. The molecule has 24 heavy (non-hydrogen) atoms. The van der Waals surface area contributed by atoms with Gasteiger partial charge < -0.3 is 9.63 Å². The van der Waals surface area contributed by atoms with Gasteiger partial charge in [-0.3, -0.25) is 14.2 Å². The summed E-state index contributed by atoms with van der Waals surface area (Å²) in [6.45, 7) is 9.19. The monoisotopic (exact) mass is 365 g/mol. The van der Waals surface area contributed by atoms with E-state index in [0.29, 0.717) is 25.4 Å². The standard InChI is InChI=1S/C16H32NO6P/c1-6-7-10-24(20,21)11-8-9-17(12-18)23-16(14(4)5)22-15(19)13(2)3/h12-14,16H,6-11H2,1-5H3,(H,20,21). The molecule has 142 valence electrons. The van der Waals surface area contributed by atoms with E-state index < -0.39 is 19.6 Å². The van der Waals surface area contributed by atoms with Gasteiger partial charge in [-0.15, -0.1) is 0 Å². The maximum atomic E-state index is 11.9. The predicted molar refractivity (Wildman–Crippen MR) is 92.5 cm³/mol. The topological polar surface area (TPSA) is 93.1 Å². The van der Waals surface area contributed by atoms with Crippen LogP contribution in [0.3, 0.4) is 0 Å². The van der Waals surface area contributed by atoms with E-state index in [1.54, 1.807) is 13.8 Å². The second-order valence-electron chi connectivity index (χ2n) is 6.56. The van der Waals surface area contributed by atoms with E-state index >= 15 is 0 Å². The highest BCUT2D eigenvalue weighted by Gasteiger charge is 2.24. The maximum absolute atomic E-state index is 11.9. The summed E-state index contributed by atoms with van der Waals surface area (Å²) in [5.74, 6) is -0.832. The second kappa shape index (κ2) is 11.6. The number of carbonyl (C=O) groups excluding carboxylic acids is 2. The number of esters is 1. The highest BCUT2D eigenvalue weighted by Crippen LogP contribution is 2.41. The van der Waals surface area contributed by atoms with E-state index in [1.807, 2.05) is 20.8 Å². The Morgan fingerprint density at radius 1 is 1.21 bits per heavy atom. The minimum Gasteiger partial charge on any atom is -0.433 e. The number of unbranched alkanes of at least 4 members (excludes halogenated alkanes) is 1. The van der Waals surface area contributed by atoms with Crippen LogP contribution in [-0.4, -0.2) is 47.5 Å². The van der Waals surface area contributed by atoms with Gasteiger partial charge >= 0.3 is 5.97 Å². The van der Waals surface area contributed by atoms with Crippen molar-refractivity contribution in [1.82, 2.24) is 5.06 Å². The molecule has 0 saturated heterocycles. The molecule has 0 aromatic carbocycles. The molecule has 8 heteroatoms. The van der Waals surface area contributed by atoms with Crippen molar-refractivity contribution in [3.05, 3.63) is 0 Å². The highest BCUT2D eigenvalue weighted by molar-refractivity contribution is 7.57. The van der Waals surface area contributed by atoms with E-state index in [2.05, 4.69) is 0 Å². The first-order valence-electron chi connectivity index (χ1n) is 8.53. The predicted octanol–water partition coefficient (Wildman–Crippen LogP) is 3.02. The van der Waals surface area contributed by atoms with Crippen LogP contribution in [0.15, 0.2) is 0 Å². The van der Waals surface area contributed by atoms with Gasteiger partial charge in [-0.2, -0.15) is 0 Å². The van der Waals surface area contributed by atoms with Crippen LogP contribution in [0, 0.1) is 11.8 Å². The fourth-order valence-corrected chi connectivity index (χ4v) is 3.45. The van der Waals surface area contributed by atoms with Crippen LogP contribution in [0.1, 0.15) is 53.9 Å². The molecule has 0 fully saturated rings. The number of hydrogen-bond donors (Lipinski definition) is 1. The summed E-state index contributed by atoms with van der Waals surface area (Å²) in [5, 5.41) is 1.03. The first-order valence-corrected chi connectivity index (χ1v) is 10.6. The fourth-order valence-electron chi connectivity index (χ4n) is 1.78. The zero-order valence-corrected chi connectivity index (χ0v) is 16.3. The van der Waals surface area contributed by atoms with Crippen LogP contribution < -0.4 is 0 Å². The summed E-state index contributed by atoms with van der Waals surface area (Å²) >= 11 is 0. The number of ether oxygens (including phenoxy) is 1. The molecule has 0 heterocycles. The third kappa shape index (κ3) is 10.1. The van der Waals surface area contributed by atoms with Crippen LogP contribution in [0.5, 0.6) is 0 Å². The Hall–Kier alpha value is -0.910. The molecular weight excluding hydrogens is 333 g/mol. The van der Waals surface area contributed by atoms with E-state index in [-0.39, 0.29) is 24.5 Å². The molecule has 0 saturated carbocycles. The maximum Gasteiger partial charge on any atom is 0.310 e. The van der Waals surface area contributed by atoms with Gasteiger partial charge in [0.25, 0.3) is 0 Å². The zero-order chi connectivity index (χ0) is 18.8. The van der Waals surface area contributed by atoms with Gasteiger partial charge in [0.2, 0.25) is 20.1 Å². The SMILES string of the molecule is CCCCP(=O)(O)CCCN(C=O)OC(OC(=O)C(C)C)C(C)C. The van der Waals surface area contributed by atoms with Gasteiger partial charge in [-0.05, 0) is 12.8 Å². The van der Waals surface area contributed by atoms with Crippen LogP contribution >= 0.6 is 7.37 Å². The van der Waals surface area contributed by atoms with Crippen molar-refractivity contribution in [3.8, 4) is 0 Å². The minimum atomic E-state index is -3.15. The van der Waals surface area contributed by atoms with Crippen molar-refractivity contribution in [2.75, 3.05) is 18.9 Å². The number of carbonyl (C=O) groups is 2. The summed E-state index contributed by atoms with van der Waals surface area (Å²) in [4.78, 5) is 38.1. The molecule has 0 bridgehead atoms. The molecule has 0 rings (SSSR count). The first-order chi connectivity index (χ1) is 11.1. The number of nitrogens with zero attached hydrogens (tertiary/aromatic N) is 1. The summed E-state index contributed by atoms with van der Waals surface area (Å²) < 4.78 is 17.2. The number of amides is 1. The van der Waals surface area contributed by atoms with Crippen molar-refractivity contribution in [2.45, 2.75) is 60.2 Å². The van der Waals surface area contributed by atoms with Crippen molar-refractivity contribution in [3.63, 3.8) is 0 Å². The molecule has 0 spiro atoms. The molecule has 1 amide bonds. The lowest BCUT2D eigenvalue weighted by atomic mass is 10.2. The van der Waals surface area contributed by atoms with E-state index in [1.165, 1.54) is 0 Å². The smallest absolute Gasteiger partial charge is 0.310 e. The van der Waals surface area contributed by atoms with E-state index in [4.69, 9.17) is 9.57 Å². The molecule has 2 atom stereocenters. The molecule has 2 unspecified atom stereocenters. The molecule has 0 radical (unpaired) electrons. The van der Waals surface area contributed by atoms with Crippen LogP contribution in [0.25, 0.3) is 0 Å². The van der Waals surface area contributed by atoms with Gasteiger partial charge in [0.15, 0.2) is 0 Å². The fraction of sp³-hybridized carbons (Fsp3) is 0.875. The minimum absolute atomic E-state index is 0.136. The molecule has 0 aromatic rings. The van der Waals surface area contributed by atoms with Crippen LogP contribution in [-0.2, 0) is 23.7 Å². The number of rotatable bonds is 13. The number of hydrogen-bond acceptors (Lipinski definition) is 5. The molecule has 0 aliphatic rings. The Balaban J connectivity index is 4.48. The van der Waals surface area contributed by atoms with Gasteiger partial charge in [0, 0.05) is 24.8 Å². The summed E-state index contributed by atoms with van der Waals surface area (Å²) in [5.41, 5.74) is 0. The molecule has 0 aliphatic carbocycles. The lowest BCUT2D eigenvalue weighted by Gasteiger charge is -2.27. The third-order valence-corrected chi connectivity index (χ3v) is 5.38. The Morgan fingerprint density at radius 2 is 1.79 bits per heavy atom. The Labute approximate surface area is 145 Å². The molecule has 1 N–H and O–H groups in total. The summed E-state index contributed by atoms with van der Waals surface area (Å²) in [6.07, 6.45) is 1.98. The normalized spacial score (nSPS) is 15.2. The Kier molecular flexibility index (Phi) is 11.2. The second-order valence-corrected chi connectivity index (χ2v) is 9.14. The third-order valence-electron chi connectivity index (χ3n) is 3.35. The molecule has 0 aliphatic heterocycles. The Bertz CT molecular complexity index is 427. The first kappa shape index (κ1) is 23.1. The number of hydroxylamine groups is 2. The van der Waals surface area contributed by atoms with Crippen molar-refractivity contribution < 1.29 is 28.6 Å². The Morgan fingerprint density at radius 3 is 2.25 bits per heavy atom. The van der Waals surface area contributed by atoms with E-state index in [9.17, 15) is 19.0 Å². The largest absolute Gasteiger partial charge is 0.433 e. The van der Waals surface area contributed by atoms with Gasteiger partial charge in [-0.1, -0.05) is 41.0 Å². The van der Waals surface area contributed by atoms with Crippen molar-refractivity contribution >= 4 is 19.7 Å². The van der Waals surface area contributed by atoms with Gasteiger partial charge in [0.05, 0.1) is 5.92 Å². The van der Waals surface area contributed by atoms with E-state index in [0.717, 1.165) is 11.5 Å².